The molecule has 0 unspecified atom stereocenters. The third kappa shape index (κ3) is 3.46. The Balaban J connectivity index is 1.82. The van der Waals surface area contributed by atoms with Crippen molar-refractivity contribution in [2.45, 2.75) is 32.2 Å². The van der Waals surface area contributed by atoms with Crippen molar-refractivity contribution in [3.63, 3.8) is 0 Å². The molecule has 1 N–H and O–H groups in total. The van der Waals surface area contributed by atoms with Crippen LogP contribution in [0, 0.1) is 6.92 Å². The second kappa shape index (κ2) is 5.54. The fourth-order valence-corrected chi connectivity index (χ4v) is 2.22. The van der Waals surface area contributed by atoms with E-state index in [9.17, 15) is 4.79 Å². The van der Waals surface area contributed by atoms with E-state index in [0.29, 0.717) is 6.04 Å². The van der Waals surface area contributed by atoms with Crippen molar-refractivity contribution in [2.75, 3.05) is 6.61 Å². The smallest absolute Gasteiger partial charge is 0.258 e. The summed E-state index contributed by atoms with van der Waals surface area (Å²) in [6.07, 6.45) is 3.42. The highest BCUT2D eigenvalue weighted by Crippen LogP contribution is 2.22. The molecule has 1 aliphatic rings. The van der Waals surface area contributed by atoms with E-state index in [1.54, 1.807) is 0 Å². The highest BCUT2D eigenvalue weighted by Gasteiger charge is 2.19. The van der Waals surface area contributed by atoms with Crippen LogP contribution in [-0.2, 0) is 4.79 Å². The summed E-state index contributed by atoms with van der Waals surface area (Å²) in [6.45, 7) is 2.06. The maximum atomic E-state index is 11.6. The standard InChI is InChI=1S/C13H16BrNO2/c1-9-7-10(14)5-6-12(9)17-8-13(16)15-11-3-2-4-11/h5-7,11H,2-4,8H2,1H3,(H,15,16). The van der Waals surface area contributed by atoms with Gasteiger partial charge in [0.05, 0.1) is 0 Å². The van der Waals surface area contributed by atoms with Crippen molar-refractivity contribution in [3.05, 3.63) is 28.2 Å². The lowest BCUT2D eigenvalue weighted by molar-refractivity contribution is -0.124. The second-order valence-electron chi connectivity index (χ2n) is 4.39. The summed E-state index contributed by atoms with van der Waals surface area (Å²) in [5.74, 6) is 0.731. The molecule has 17 heavy (non-hydrogen) atoms. The fraction of sp³-hybridized carbons (Fsp3) is 0.462. The van der Waals surface area contributed by atoms with E-state index in [-0.39, 0.29) is 12.5 Å². The number of benzene rings is 1. The molecule has 0 atom stereocenters. The van der Waals surface area contributed by atoms with Crippen LogP contribution in [-0.4, -0.2) is 18.6 Å². The molecule has 0 saturated heterocycles. The molecule has 0 aliphatic heterocycles. The normalized spacial score (nSPS) is 15.2. The van der Waals surface area contributed by atoms with Crippen LogP contribution >= 0.6 is 15.9 Å². The molecule has 1 aliphatic carbocycles. The molecule has 0 radical (unpaired) electrons. The van der Waals surface area contributed by atoms with Crippen molar-refractivity contribution in [1.82, 2.24) is 5.32 Å². The Labute approximate surface area is 110 Å². The zero-order valence-corrected chi connectivity index (χ0v) is 11.4. The Morgan fingerprint density at radius 3 is 2.88 bits per heavy atom. The van der Waals surface area contributed by atoms with Crippen molar-refractivity contribution in [1.29, 1.82) is 0 Å². The number of hydrogen-bond acceptors (Lipinski definition) is 2. The van der Waals surface area contributed by atoms with Crippen LogP contribution in [0.4, 0.5) is 0 Å². The van der Waals surface area contributed by atoms with Crippen molar-refractivity contribution in [3.8, 4) is 5.75 Å². The molecule has 1 saturated carbocycles. The largest absolute Gasteiger partial charge is 0.484 e. The number of carbonyl (C=O) groups excluding carboxylic acids is 1. The van der Waals surface area contributed by atoms with Crippen LogP contribution in [0.3, 0.4) is 0 Å². The monoisotopic (exact) mass is 297 g/mol. The third-order valence-corrected chi connectivity index (χ3v) is 3.46. The van der Waals surface area contributed by atoms with Crippen LogP contribution in [0.1, 0.15) is 24.8 Å². The van der Waals surface area contributed by atoms with Crippen LogP contribution in [0.15, 0.2) is 22.7 Å². The number of amides is 1. The van der Waals surface area contributed by atoms with Gasteiger partial charge < -0.3 is 10.1 Å². The molecule has 0 heterocycles. The quantitative estimate of drug-likeness (QED) is 0.928. The molecule has 1 aromatic carbocycles. The maximum absolute atomic E-state index is 11.6. The second-order valence-corrected chi connectivity index (χ2v) is 5.31. The fourth-order valence-electron chi connectivity index (χ4n) is 1.74. The van der Waals surface area contributed by atoms with Crippen LogP contribution < -0.4 is 10.1 Å². The molecule has 3 nitrogen and oxygen atoms in total. The molecule has 2 rings (SSSR count). The number of ether oxygens (including phenoxy) is 1. The summed E-state index contributed by atoms with van der Waals surface area (Å²) in [5, 5.41) is 2.94. The summed E-state index contributed by atoms with van der Waals surface area (Å²) in [6, 6.07) is 6.12. The van der Waals surface area contributed by atoms with Gasteiger partial charge in [-0.05, 0) is 49.9 Å². The zero-order chi connectivity index (χ0) is 12.3. The van der Waals surface area contributed by atoms with Gasteiger partial charge >= 0.3 is 0 Å². The summed E-state index contributed by atoms with van der Waals surface area (Å²) < 4.78 is 6.51. The first kappa shape index (κ1) is 12.4. The molecule has 0 spiro atoms. The molecule has 4 heteroatoms. The van der Waals surface area contributed by atoms with E-state index in [0.717, 1.165) is 28.6 Å². The molecular formula is C13H16BrNO2. The summed E-state index contributed by atoms with van der Waals surface area (Å²) in [7, 11) is 0. The van der Waals surface area contributed by atoms with Crippen LogP contribution in [0.5, 0.6) is 5.75 Å². The number of halogens is 1. The maximum Gasteiger partial charge on any atom is 0.258 e. The lowest BCUT2D eigenvalue weighted by Crippen LogP contribution is -2.41. The van der Waals surface area contributed by atoms with Gasteiger partial charge in [0.1, 0.15) is 5.75 Å². The van der Waals surface area contributed by atoms with E-state index in [4.69, 9.17) is 4.74 Å². The number of aryl methyl sites for hydroxylation is 1. The Morgan fingerprint density at radius 2 is 2.29 bits per heavy atom. The van der Waals surface area contributed by atoms with E-state index in [1.165, 1.54) is 6.42 Å². The van der Waals surface area contributed by atoms with Gasteiger partial charge in [-0.3, -0.25) is 4.79 Å². The first-order valence-electron chi connectivity index (χ1n) is 5.83. The molecular weight excluding hydrogens is 282 g/mol. The minimum absolute atomic E-state index is 0.0305. The van der Waals surface area contributed by atoms with Gasteiger partial charge in [-0.1, -0.05) is 15.9 Å². The SMILES string of the molecule is Cc1cc(Br)ccc1OCC(=O)NC1CCC1. The zero-order valence-electron chi connectivity index (χ0n) is 9.83. The highest BCUT2D eigenvalue weighted by molar-refractivity contribution is 9.10. The van der Waals surface area contributed by atoms with E-state index in [2.05, 4.69) is 21.2 Å². The molecule has 0 aromatic heterocycles. The lowest BCUT2D eigenvalue weighted by Gasteiger charge is -2.26. The van der Waals surface area contributed by atoms with E-state index in [1.807, 2.05) is 25.1 Å². The van der Waals surface area contributed by atoms with E-state index >= 15 is 0 Å². The Kier molecular flexibility index (Phi) is 4.05. The van der Waals surface area contributed by atoms with Crippen molar-refractivity contribution < 1.29 is 9.53 Å². The minimum Gasteiger partial charge on any atom is -0.484 e. The predicted octanol–water partition coefficient (Wildman–Crippen LogP) is 2.81. The average Bonchev–Trinajstić information content (AvgIpc) is 2.22. The summed E-state index contributed by atoms with van der Waals surface area (Å²) >= 11 is 3.39. The summed E-state index contributed by atoms with van der Waals surface area (Å²) in [4.78, 5) is 11.6. The van der Waals surface area contributed by atoms with Crippen LogP contribution in [0.25, 0.3) is 0 Å². The number of rotatable bonds is 4. The molecule has 92 valence electrons. The van der Waals surface area contributed by atoms with E-state index < -0.39 is 0 Å². The van der Waals surface area contributed by atoms with Gasteiger partial charge in [0.25, 0.3) is 5.91 Å². The Hall–Kier alpha value is -1.03. The van der Waals surface area contributed by atoms with Gasteiger partial charge in [0.2, 0.25) is 0 Å². The first-order chi connectivity index (χ1) is 8.15. The number of hydrogen-bond donors (Lipinski definition) is 1. The predicted molar refractivity (Wildman–Crippen MR) is 70.2 cm³/mol. The van der Waals surface area contributed by atoms with Gasteiger partial charge in [0.15, 0.2) is 6.61 Å². The average molecular weight is 298 g/mol. The molecule has 1 aromatic rings. The van der Waals surface area contributed by atoms with Gasteiger partial charge in [-0.25, -0.2) is 0 Å². The molecule has 1 amide bonds. The number of carbonyl (C=O) groups is 1. The minimum atomic E-state index is -0.0305. The van der Waals surface area contributed by atoms with Gasteiger partial charge in [-0.15, -0.1) is 0 Å². The third-order valence-electron chi connectivity index (χ3n) is 2.97. The molecule has 0 bridgehead atoms. The topological polar surface area (TPSA) is 38.3 Å². The van der Waals surface area contributed by atoms with Crippen molar-refractivity contribution >= 4 is 21.8 Å². The van der Waals surface area contributed by atoms with Crippen molar-refractivity contribution in [2.24, 2.45) is 0 Å². The highest BCUT2D eigenvalue weighted by atomic mass is 79.9. The lowest BCUT2D eigenvalue weighted by atomic mass is 9.93. The molecule has 1 fully saturated rings. The van der Waals surface area contributed by atoms with Crippen LogP contribution in [0.2, 0.25) is 0 Å². The van der Waals surface area contributed by atoms with Gasteiger partial charge in [-0.2, -0.15) is 0 Å². The first-order valence-corrected chi connectivity index (χ1v) is 6.63. The Morgan fingerprint density at radius 1 is 1.53 bits per heavy atom. The summed E-state index contributed by atoms with van der Waals surface area (Å²) in [5.41, 5.74) is 1.02. The number of nitrogens with one attached hydrogen (secondary N) is 1. The van der Waals surface area contributed by atoms with Gasteiger partial charge in [0, 0.05) is 10.5 Å². The Bertz CT molecular complexity index is 416.